The van der Waals surface area contributed by atoms with Crippen molar-refractivity contribution in [1.82, 2.24) is 5.32 Å². The van der Waals surface area contributed by atoms with E-state index in [1.54, 1.807) is 0 Å². The molecular weight excluding hydrogens is 226 g/mol. The van der Waals surface area contributed by atoms with E-state index in [9.17, 15) is 9.90 Å². The van der Waals surface area contributed by atoms with Gasteiger partial charge in [0.1, 0.15) is 0 Å². The van der Waals surface area contributed by atoms with Gasteiger partial charge < -0.3 is 10.4 Å². The fraction of sp³-hybridized carbons (Fsp3) is 0.933. The number of hydrogen-bond acceptors (Lipinski definition) is 2. The summed E-state index contributed by atoms with van der Waals surface area (Å²) in [6.45, 7) is 12.7. The minimum absolute atomic E-state index is 0.0133. The van der Waals surface area contributed by atoms with Crippen LogP contribution in [0.2, 0.25) is 0 Å². The molecule has 1 amide bonds. The Labute approximate surface area is 112 Å². The molecule has 0 saturated carbocycles. The lowest BCUT2D eigenvalue weighted by atomic mass is 9.84. The maximum absolute atomic E-state index is 12.0. The zero-order valence-corrected chi connectivity index (χ0v) is 13.0. The van der Waals surface area contributed by atoms with Crippen LogP contribution in [-0.4, -0.2) is 23.2 Å². The van der Waals surface area contributed by atoms with Gasteiger partial charge in [0, 0.05) is 6.42 Å². The molecule has 1 unspecified atom stereocenters. The van der Waals surface area contributed by atoms with Crippen molar-refractivity contribution in [2.75, 3.05) is 6.61 Å². The van der Waals surface area contributed by atoms with Gasteiger partial charge in [-0.25, -0.2) is 0 Å². The lowest BCUT2D eigenvalue weighted by Crippen LogP contribution is -2.50. The number of amides is 1. The number of aliphatic hydroxyl groups excluding tert-OH is 1. The first kappa shape index (κ1) is 17.4. The number of carbonyl (C=O) groups excluding carboxylic acids is 1. The van der Waals surface area contributed by atoms with Crippen LogP contribution >= 0.6 is 0 Å². The molecule has 0 heterocycles. The molecule has 0 aliphatic heterocycles. The monoisotopic (exact) mass is 257 g/mol. The van der Waals surface area contributed by atoms with E-state index in [2.05, 4.69) is 33.0 Å². The van der Waals surface area contributed by atoms with Gasteiger partial charge in [-0.15, -0.1) is 0 Å². The number of nitrogens with one attached hydrogen (secondary N) is 1. The molecule has 2 N–H and O–H groups in total. The molecule has 3 nitrogen and oxygen atoms in total. The molecule has 108 valence electrons. The molecule has 0 bridgehead atoms. The third-order valence-corrected chi connectivity index (χ3v) is 3.56. The molecule has 0 aliphatic carbocycles. The summed E-state index contributed by atoms with van der Waals surface area (Å²) in [5, 5.41) is 12.4. The number of aliphatic hydroxyl groups is 1. The highest BCUT2D eigenvalue weighted by Gasteiger charge is 2.28. The van der Waals surface area contributed by atoms with E-state index in [-0.39, 0.29) is 17.9 Å². The van der Waals surface area contributed by atoms with Gasteiger partial charge in [-0.05, 0) is 30.6 Å². The normalized spacial score (nSPS) is 14.4. The first-order valence-corrected chi connectivity index (χ1v) is 7.10. The van der Waals surface area contributed by atoms with Crippen LogP contribution in [-0.2, 0) is 4.79 Å². The predicted octanol–water partition coefficient (Wildman–Crippen LogP) is 3.12. The Morgan fingerprint density at radius 2 is 1.72 bits per heavy atom. The minimum Gasteiger partial charge on any atom is -0.394 e. The van der Waals surface area contributed by atoms with Gasteiger partial charge in [-0.1, -0.05) is 41.5 Å². The van der Waals surface area contributed by atoms with Crippen LogP contribution in [0.25, 0.3) is 0 Å². The Morgan fingerprint density at radius 1 is 1.22 bits per heavy atom. The van der Waals surface area contributed by atoms with Gasteiger partial charge in [-0.3, -0.25) is 4.79 Å². The average molecular weight is 257 g/mol. The topological polar surface area (TPSA) is 49.3 Å². The van der Waals surface area contributed by atoms with E-state index < -0.39 is 5.54 Å². The maximum atomic E-state index is 12.0. The van der Waals surface area contributed by atoms with E-state index in [0.29, 0.717) is 12.3 Å². The number of hydrogen-bond donors (Lipinski definition) is 2. The molecule has 0 aromatic rings. The van der Waals surface area contributed by atoms with E-state index in [0.717, 1.165) is 19.3 Å². The number of carbonyl (C=O) groups is 1. The summed E-state index contributed by atoms with van der Waals surface area (Å²) in [6.07, 6.45) is 3.10. The standard InChI is InChI=1S/C15H31NO2/c1-7-15(8-2,11-17)16-13(18)9-12(3)10-14(4,5)6/h12,17H,7-11H2,1-6H3,(H,16,18). The molecule has 0 spiro atoms. The maximum Gasteiger partial charge on any atom is 0.220 e. The van der Waals surface area contributed by atoms with Crippen LogP contribution in [0.15, 0.2) is 0 Å². The van der Waals surface area contributed by atoms with Gasteiger partial charge in [0.15, 0.2) is 0 Å². The second-order valence-electron chi connectivity index (χ2n) is 6.77. The number of rotatable bonds is 7. The first-order valence-electron chi connectivity index (χ1n) is 7.10. The molecule has 0 aliphatic rings. The van der Waals surface area contributed by atoms with Crippen molar-refractivity contribution in [3.8, 4) is 0 Å². The zero-order valence-electron chi connectivity index (χ0n) is 13.0. The quantitative estimate of drug-likeness (QED) is 0.736. The summed E-state index contributed by atoms with van der Waals surface area (Å²) in [4.78, 5) is 12.0. The van der Waals surface area contributed by atoms with Crippen LogP contribution < -0.4 is 5.32 Å². The third-order valence-electron chi connectivity index (χ3n) is 3.56. The van der Waals surface area contributed by atoms with Crippen LogP contribution in [0.3, 0.4) is 0 Å². The zero-order chi connectivity index (χ0) is 14.4. The molecule has 0 radical (unpaired) electrons. The molecule has 3 heteroatoms. The lowest BCUT2D eigenvalue weighted by molar-refractivity contribution is -0.124. The molecule has 0 saturated heterocycles. The molecule has 18 heavy (non-hydrogen) atoms. The van der Waals surface area contributed by atoms with E-state index in [1.165, 1.54) is 0 Å². The van der Waals surface area contributed by atoms with Crippen LogP contribution in [0.5, 0.6) is 0 Å². The van der Waals surface area contributed by atoms with Crippen molar-refractivity contribution in [3.63, 3.8) is 0 Å². The molecule has 0 rings (SSSR count). The van der Waals surface area contributed by atoms with E-state index >= 15 is 0 Å². The Morgan fingerprint density at radius 3 is 2.06 bits per heavy atom. The fourth-order valence-corrected chi connectivity index (χ4v) is 2.47. The predicted molar refractivity (Wildman–Crippen MR) is 76.4 cm³/mol. The Hall–Kier alpha value is -0.570. The van der Waals surface area contributed by atoms with Crippen LogP contribution in [0.1, 0.15) is 67.2 Å². The van der Waals surface area contributed by atoms with Crippen LogP contribution in [0.4, 0.5) is 0 Å². The van der Waals surface area contributed by atoms with Gasteiger partial charge in [0.05, 0.1) is 12.1 Å². The third kappa shape index (κ3) is 6.39. The Kier molecular flexibility index (Phi) is 6.90. The minimum atomic E-state index is -0.432. The Bertz CT molecular complexity index is 243. The van der Waals surface area contributed by atoms with E-state index in [4.69, 9.17) is 0 Å². The molecule has 1 atom stereocenters. The summed E-state index contributed by atoms with van der Waals surface area (Å²) in [7, 11) is 0. The highest BCUT2D eigenvalue weighted by molar-refractivity contribution is 5.77. The van der Waals surface area contributed by atoms with Gasteiger partial charge in [0.2, 0.25) is 5.91 Å². The highest BCUT2D eigenvalue weighted by atomic mass is 16.3. The second kappa shape index (κ2) is 7.13. The summed E-state index contributed by atoms with van der Waals surface area (Å²) >= 11 is 0. The van der Waals surface area contributed by atoms with Gasteiger partial charge >= 0.3 is 0 Å². The van der Waals surface area contributed by atoms with Crippen molar-refractivity contribution < 1.29 is 9.90 Å². The van der Waals surface area contributed by atoms with Crippen molar-refractivity contribution in [2.24, 2.45) is 11.3 Å². The SMILES string of the molecule is CCC(CC)(CO)NC(=O)CC(C)CC(C)(C)C. The van der Waals surface area contributed by atoms with Gasteiger partial charge in [0.25, 0.3) is 0 Å². The summed E-state index contributed by atoms with van der Waals surface area (Å²) in [5.41, 5.74) is -0.179. The second-order valence-corrected chi connectivity index (χ2v) is 6.77. The van der Waals surface area contributed by atoms with Crippen molar-refractivity contribution >= 4 is 5.91 Å². The summed E-state index contributed by atoms with van der Waals surface area (Å²) in [5.74, 6) is 0.430. The van der Waals surface area contributed by atoms with Crippen molar-refractivity contribution in [1.29, 1.82) is 0 Å². The molecule has 0 aromatic heterocycles. The summed E-state index contributed by atoms with van der Waals surface area (Å²) in [6, 6.07) is 0. The molecule has 0 aromatic carbocycles. The lowest BCUT2D eigenvalue weighted by Gasteiger charge is -2.31. The molecule has 0 fully saturated rings. The molecular formula is C15H31NO2. The van der Waals surface area contributed by atoms with E-state index in [1.807, 2.05) is 13.8 Å². The van der Waals surface area contributed by atoms with Gasteiger partial charge in [-0.2, -0.15) is 0 Å². The van der Waals surface area contributed by atoms with Crippen LogP contribution in [0, 0.1) is 11.3 Å². The largest absolute Gasteiger partial charge is 0.394 e. The van der Waals surface area contributed by atoms with Crippen molar-refractivity contribution in [2.45, 2.75) is 72.8 Å². The summed E-state index contributed by atoms with van der Waals surface area (Å²) < 4.78 is 0. The highest BCUT2D eigenvalue weighted by Crippen LogP contribution is 2.26. The van der Waals surface area contributed by atoms with Crippen molar-refractivity contribution in [3.05, 3.63) is 0 Å². The first-order chi connectivity index (χ1) is 8.18. The average Bonchev–Trinajstić information content (AvgIpc) is 2.23. The fourth-order valence-electron chi connectivity index (χ4n) is 2.47. The smallest absolute Gasteiger partial charge is 0.220 e. The Balaban J connectivity index is 4.33.